The number of anilines is 1. The fourth-order valence-electron chi connectivity index (χ4n) is 4.00. The lowest BCUT2D eigenvalue weighted by molar-refractivity contribution is -0.111. The van der Waals surface area contributed by atoms with E-state index in [0.29, 0.717) is 23.1 Å². The van der Waals surface area contributed by atoms with E-state index in [1.165, 1.54) is 0 Å². The van der Waals surface area contributed by atoms with Crippen LogP contribution in [0.15, 0.2) is 71.4 Å². The van der Waals surface area contributed by atoms with Crippen LogP contribution >= 0.6 is 11.6 Å². The van der Waals surface area contributed by atoms with E-state index in [4.69, 9.17) is 25.5 Å². The SMILES string of the molecule is CCOc1ccc(-c2coc3c(C)c(OC)c(/C(C)=C/C(=O)Nc4ccccc4Cl)cc23)cc1. The molecule has 4 aromatic rings. The molecule has 1 aromatic heterocycles. The molecule has 0 saturated carbocycles. The second-order valence-corrected chi connectivity index (χ2v) is 8.27. The van der Waals surface area contributed by atoms with Crippen molar-refractivity contribution in [2.45, 2.75) is 20.8 Å². The van der Waals surface area contributed by atoms with Gasteiger partial charge in [0.05, 0.1) is 30.7 Å². The van der Waals surface area contributed by atoms with Crippen molar-refractivity contribution in [3.8, 4) is 22.6 Å². The van der Waals surface area contributed by atoms with Crippen LogP contribution in [0.25, 0.3) is 27.7 Å². The molecule has 34 heavy (non-hydrogen) atoms. The van der Waals surface area contributed by atoms with E-state index in [1.807, 2.05) is 63.2 Å². The highest BCUT2D eigenvalue weighted by Gasteiger charge is 2.19. The topological polar surface area (TPSA) is 60.7 Å². The Balaban J connectivity index is 1.74. The molecule has 0 atom stereocenters. The molecule has 6 heteroatoms. The second-order valence-electron chi connectivity index (χ2n) is 7.86. The summed E-state index contributed by atoms with van der Waals surface area (Å²) < 4.78 is 17.2. The number of carbonyl (C=O) groups excluding carboxylic acids is 1. The van der Waals surface area contributed by atoms with Gasteiger partial charge in [-0.2, -0.15) is 0 Å². The molecule has 0 bridgehead atoms. The Morgan fingerprint density at radius 1 is 1.15 bits per heavy atom. The molecule has 3 aromatic carbocycles. The number of rotatable bonds is 7. The number of hydrogen-bond acceptors (Lipinski definition) is 4. The van der Waals surface area contributed by atoms with E-state index in [2.05, 4.69) is 5.32 Å². The average molecular weight is 476 g/mol. The van der Waals surface area contributed by atoms with Crippen LogP contribution in [-0.4, -0.2) is 19.6 Å². The first-order chi connectivity index (χ1) is 16.4. The Labute approximate surface area is 203 Å². The summed E-state index contributed by atoms with van der Waals surface area (Å²) in [7, 11) is 1.62. The van der Waals surface area contributed by atoms with Gasteiger partial charge in [-0.1, -0.05) is 35.9 Å². The standard InChI is InChI=1S/C28H26ClNO4/c1-5-33-20-12-10-19(11-13-20)23-16-34-28-18(3)27(32-4)21(15-22(23)28)17(2)14-26(31)30-25-9-7-6-8-24(25)29/h6-16H,5H2,1-4H3,(H,30,31)/b17-14+. The third-order valence-electron chi connectivity index (χ3n) is 5.63. The molecular formula is C28H26ClNO4. The Hall–Kier alpha value is -3.70. The van der Waals surface area contributed by atoms with Gasteiger partial charge in [0.15, 0.2) is 0 Å². The number of nitrogens with one attached hydrogen (secondary N) is 1. The molecule has 174 valence electrons. The van der Waals surface area contributed by atoms with Crippen LogP contribution in [0, 0.1) is 6.92 Å². The Kier molecular flexibility index (Phi) is 6.94. The number of carbonyl (C=O) groups is 1. The van der Waals surface area contributed by atoms with Crippen LogP contribution < -0.4 is 14.8 Å². The third kappa shape index (κ3) is 4.66. The summed E-state index contributed by atoms with van der Waals surface area (Å²) in [5.74, 6) is 1.21. The molecule has 1 heterocycles. The van der Waals surface area contributed by atoms with Crippen LogP contribution in [0.4, 0.5) is 5.69 Å². The highest BCUT2D eigenvalue weighted by molar-refractivity contribution is 6.33. The van der Waals surface area contributed by atoms with Gasteiger partial charge >= 0.3 is 0 Å². The highest BCUT2D eigenvalue weighted by Crippen LogP contribution is 2.40. The van der Waals surface area contributed by atoms with Crippen molar-refractivity contribution in [1.29, 1.82) is 0 Å². The van der Waals surface area contributed by atoms with Gasteiger partial charge in [0, 0.05) is 28.2 Å². The Morgan fingerprint density at radius 2 is 1.88 bits per heavy atom. The number of para-hydroxylation sites is 1. The summed E-state index contributed by atoms with van der Waals surface area (Å²) in [6, 6.07) is 17.0. The summed E-state index contributed by atoms with van der Waals surface area (Å²) in [4.78, 5) is 12.7. The summed E-state index contributed by atoms with van der Waals surface area (Å²) >= 11 is 6.17. The fourth-order valence-corrected chi connectivity index (χ4v) is 4.18. The lowest BCUT2D eigenvalue weighted by Gasteiger charge is -2.13. The molecule has 0 spiro atoms. The van der Waals surface area contributed by atoms with Gasteiger partial charge in [0.25, 0.3) is 0 Å². The van der Waals surface area contributed by atoms with Gasteiger partial charge in [-0.3, -0.25) is 4.79 Å². The van der Waals surface area contributed by atoms with Crippen LogP contribution in [-0.2, 0) is 4.79 Å². The van der Waals surface area contributed by atoms with E-state index in [-0.39, 0.29) is 5.91 Å². The van der Waals surface area contributed by atoms with E-state index < -0.39 is 0 Å². The zero-order chi connectivity index (χ0) is 24.2. The zero-order valence-electron chi connectivity index (χ0n) is 19.6. The van der Waals surface area contributed by atoms with Gasteiger partial charge in [-0.05, 0) is 62.2 Å². The number of furan rings is 1. The number of allylic oxidation sites excluding steroid dienone is 1. The van der Waals surface area contributed by atoms with E-state index in [1.54, 1.807) is 31.6 Å². The molecule has 0 aliphatic heterocycles. The summed E-state index contributed by atoms with van der Waals surface area (Å²) in [5.41, 5.74) is 5.71. The third-order valence-corrected chi connectivity index (χ3v) is 5.96. The van der Waals surface area contributed by atoms with Gasteiger partial charge in [0.1, 0.15) is 17.1 Å². The van der Waals surface area contributed by atoms with Crippen LogP contribution in [0.2, 0.25) is 5.02 Å². The van der Waals surface area contributed by atoms with E-state index in [0.717, 1.165) is 44.5 Å². The molecule has 0 fully saturated rings. The normalized spacial score (nSPS) is 11.5. The minimum Gasteiger partial charge on any atom is -0.496 e. The van der Waals surface area contributed by atoms with Crippen molar-refractivity contribution >= 4 is 39.7 Å². The van der Waals surface area contributed by atoms with Gasteiger partial charge < -0.3 is 19.2 Å². The van der Waals surface area contributed by atoms with E-state index in [9.17, 15) is 4.79 Å². The maximum atomic E-state index is 12.7. The van der Waals surface area contributed by atoms with Crippen molar-refractivity contribution in [2.75, 3.05) is 19.0 Å². The number of hydrogen-bond donors (Lipinski definition) is 1. The number of fused-ring (bicyclic) bond motifs is 1. The number of methoxy groups -OCH3 is 1. The molecule has 1 N–H and O–H groups in total. The first-order valence-corrected chi connectivity index (χ1v) is 11.4. The Morgan fingerprint density at radius 3 is 2.56 bits per heavy atom. The van der Waals surface area contributed by atoms with Crippen LogP contribution in [0.1, 0.15) is 25.0 Å². The first kappa shape index (κ1) is 23.5. The maximum absolute atomic E-state index is 12.7. The lowest BCUT2D eigenvalue weighted by atomic mass is 9.96. The average Bonchev–Trinajstić information content (AvgIpc) is 3.25. The fraction of sp³-hybridized carbons (Fsp3) is 0.179. The molecule has 4 rings (SSSR count). The molecule has 0 radical (unpaired) electrons. The first-order valence-electron chi connectivity index (χ1n) is 11.0. The molecular weight excluding hydrogens is 450 g/mol. The smallest absolute Gasteiger partial charge is 0.248 e. The van der Waals surface area contributed by atoms with Gasteiger partial charge in [-0.25, -0.2) is 0 Å². The second kappa shape index (κ2) is 10.1. The monoisotopic (exact) mass is 475 g/mol. The van der Waals surface area contributed by atoms with Crippen LogP contribution in [0.3, 0.4) is 0 Å². The summed E-state index contributed by atoms with van der Waals surface area (Å²) in [5, 5.41) is 4.25. The van der Waals surface area contributed by atoms with E-state index >= 15 is 0 Å². The zero-order valence-corrected chi connectivity index (χ0v) is 20.3. The predicted octanol–water partition coefficient (Wildman–Crippen LogP) is 7.51. The van der Waals surface area contributed by atoms with Crippen molar-refractivity contribution in [1.82, 2.24) is 0 Å². The Bertz CT molecular complexity index is 1370. The lowest BCUT2D eigenvalue weighted by Crippen LogP contribution is -2.09. The molecule has 1 amide bonds. The largest absolute Gasteiger partial charge is 0.496 e. The van der Waals surface area contributed by atoms with Crippen LogP contribution in [0.5, 0.6) is 11.5 Å². The molecule has 5 nitrogen and oxygen atoms in total. The molecule has 0 aliphatic rings. The minimum atomic E-state index is -0.274. The molecule has 0 saturated heterocycles. The summed E-state index contributed by atoms with van der Waals surface area (Å²) in [6.45, 7) is 6.41. The van der Waals surface area contributed by atoms with Crippen molar-refractivity contribution in [3.63, 3.8) is 0 Å². The van der Waals surface area contributed by atoms with Crippen molar-refractivity contribution in [2.24, 2.45) is 0 Å². The number of amides is 1. The van der Waals surface area contributed by atoms with Crippen molar-refractivity contribution < 1.29 is 18.7 Å². The number of halogens is 1. The number of aryl methyl sites for hydroxylation is 1. The van der Waals surface area contributed by atoms with Gasteiger partial charge in [-0.15, -0.1) is 0 Å². The molecule has 0 aliphatic carbocycles. The van der Waals surface area contributed by atoms with Gasteiger partial charge in [0.2, 0.25) is 5.91 Å². The highest BCUT2D eigenvalue weighted by atomic mass is 35.5. The number of ether oxygens (including phenoxy) is 2. The predicted molar refractivity (Wildman–Crippen MR) is 138 cm³/mol. The summed E-state index contributed by atoms with van der Waals surface area (Å²) in [6.07, 6.45) is 3.29. The van der Waals surface area contributed by atoms with Crippen molar-refractivity contribution in [3.05, 3.63) is 83.1 Å². The maximum Gasteiger partial charge on any atom is 0.248 e. The minimum absolute atomic E-state index is 0.274. The number of benzene rings is 3. The quantitative estimate of drug-likeness (QED) is 0.281. The molecule has 0 unspecified atom stereocenters.